The maximum absolute atomic E-state index is 12.4. The van der Waals surface area contributed by atoms with Gasteiger partial charge in [-0.2, -0.15) is 0 Å². The number of rotatable bonds is 2. The third-order valence-electron chi connectivity index (χ3n) is 2.89. The molecular weight excluding hydrogens is 363 g/mol. The largest absolute Gasteiger partial charge is 0.451 e. The van der Waals surface area contributed by atoms with Crippen LogP contribution in [0.5, 0.6) is 0 Å². The summed E-state index contributed by atoms with van der Waals surface area (Å²) in [5.41, 5.74) is 0.961. The second-order valence-corrected chi connectivity index (χ2v) is 5.92. The van der Waals surface area contributed by atoms with Crippen molar-refractivity contribution in [1.82, 2.24) is 0 Å². The molecule has 0 aliphatic heterocycles. The van der Waals surface area contributed by atoms with Gasteiger partial charge in [0, 0.05) is 16.0 Å². The van der Waals surface area contributed by atoms with Crippen LogP contribution in [0.25, 0.3) is 11.0 Å². The topological polar surface area (TPSA) is 30.2 Å². The lowest BCUT2D eigenvalue weighted by atomic mass is 10.1. The summed E-state index contributed by atoms with van der Waals surface area (Å²) in [4.78, 5) is 12.4. The lowest BCUT2D eigenvalue weighted by Crippen LogP contribution is -2.00. The summed E-state index contributed by atoms with van der Waals surface area (Å²) in [6.07, 6.45) is 0. The molecule has 20 heavy (non-hydrogen) atoms. The number of halogens is 3. The number of fused-ring (bicyclic) bond motifs is 1. The van der Waals surface area contributed by atoms with Crippen molar-refractivity contribution in [3.8, 4) is 0 Å². The van der Waals surface area contributed by atoms with Crippen molar-refractivity contribution in [3.05, 3.63) is 68.3 Å². The van der Waals surface area contributed by atoms with Crippen LogP contribution in [0.3, 0.4) is 0 Å². The van der Waals surface area contributed by atoms with Crippen molar-refractivity contribution in [2.24, 2.45) is 0 Å². The maximum atomic E-state index is 12.4. The molecule has 2 aromatic carbocycles. The van der Waals surface area contributed by atoms with Gasteiger partial charge < -0.3 is 4.42 Å². The molecule has 0 saturated heterocycles. The van der Waals surface area contributed by atoms with Crippen LogP contribution in [0.2, 0.25) is 10.0 Å². The Morgan fingerprint density at radius 2 is 1.90 bits per heavy atom. The van der Waals surface area contributed by atoms with Crippen molar-refractivity contribution >= 4 is 55.9 Å². The highest BCUT2D eigenvalue weighted by Crippen LogP contribution is 2.30. The van der Waals surface area contributed by atoms with Crippen molar-refractivity contribution in [2.45, 2.75) is 0 Å². The van der Waals surface area contributed by atoms with Gasteiger partial charge >= 0.3 is 0 Å². The van der Waals surface area contributed by atoms with Crippen LogP contribution >= 0.6 is 39.1 Å². The van der Waals surface area contributed by atoms with Gasteiger partial charge in [0.2, 0.25) is 5.78 Å². The average Bonchev–Trinajstić information content (AvgIpc) is 2.86. The normalized spacial score (nSPS) is 10.9. The summed E-state index contributed by atoms with van der Waals surface area (Å²) >= 11 is 15.3. The quantitative estimate of drug-likeness (QED) is 0.539. The number of hydrogen-bond acceptors (Lipinski definition) is 2. The van der Waals surface area contributed by atoms with Crippen LogP contribution in [0.4, 0.5) is 0 Å². The summed E-state index contributed by atoms with van der Waals surface area (Å²) in [5, 5.41) is 1.65. The fourth-order valence-electron chi connectivity index (χ4n) is 1.94. The summed E-state index contributed by atoms with van der Waals surface area (Å²) in [5.74, 6) is -0.0586. The molecule has 1 aromatic heterocycles. The van der Waals surface area contributed by atoms with E-state index in [1.165, 1.54) is 6.07 Å². The highest BCUT2D eigenvalue weighted by molar-refractivity contribution is 9.10. The Balaban J connectivity index is 2.13. The zero-order chi connectivity index (χ0) is 14.3. The van der Waals surface area contributed by atoms with Crippen molar-refractivity contribution < 1.29 is 9.21 Å². The van der Waals surface area contributed by atoms with E-state index in [4.69, 9.17) is 27.6 Å². The minimum Gasteiger partial charge on any atom is -0.451 e. The number of benzene rings is 2. The molecule has 0 bridgehead atoms. The van der Waals surface area contributed by atoms with Crippen LogP contribution in [0.15, 0.2) is 51.4 Å². The van der Waals surface area contributed by atoms with Crippen molar-refractivity contribution in [1.29, 1.82) is 0 Å². The van der Waals surface area contributed by atoms with Gasteiger partial charge in [-0.05, 0) is 46.3 Å². The minimum atomic E-state index is -0.291. The van der Waals surface area contributed by atoms with Crippen LogP contribution in [-0.2, 0) is 0 Å². The lowest BCUT2D eigenvalue weighted by molar-refractivity contribution is 0.101. The van der Waals surface area contributed by atoms with Gasteiger partial charge in [-0.25, -0.2) is 0 Å². The molecule has 0 aliphatic carbocycles. The molecule has 0 amide bonds. The van der Waals surface area contributed by atoms with E-state index in [0.717, 1.165) is 9.86 Å². The molecule has 0 spiro atoms. The predicted octanol–water partition coefficient (Wildman–Crippen LogP) is 5.73. The van der Waals surface area contributed by atoms with Gasteiger partial charge in [0.1, 0.15) is 5.58 Å². The Hall–Kier alpha value is -1.29. The monoisotopic (exact) mass is 368 g/mol. The Morgan fingerprint density at radius 1 is 1.10 bits per heavy atom. The zero-order valence-electron chi connectivity index (χ0n) is 9.99. The summed E-state index contributed by atoms with van der Waals surface area (Å²) in [7, 11) is 0. The number of ketones is 1. The van der Waals surface area contributed by atoms with E-state index in [2.05, 4.69) is 15.9 Å². The van der Waals surface area contributed by atoms with E-state index in [1.54, 1.807) is 18.2 Å². The first-order chi connectivity index (χ1) is 9.56. The van der Waals surface area contributed by atoms with Crippen LogP contribution in [0, 0.1) is 0 Å². The summed E-state index contributed by atoms with van der Waals surface area (Å²) < 4.78 is 6.41. The lowest BCUT2D eigenvalue weighted by Gasteiger charge is -2.01. The third kappa shape index (κ3) is 2.37. The molecule has 0 N–H and O–H groups in total. The molecule has 100 valence electrons. The molecule has 0 unspecified atom stereocenters. The molecule has 1 heterocycles. The molecule has 5 heteroatoms. The first kappa shape index (κ1) is 13.7. The van der Waals surface area contributed by atoms with E-state index in [1.807, 2.05) is 18.2 Å². The van der Waals surface area contributed by atoms with Gasteiger partial charge in [0.05, 0.1) is 9.50 Å². The fourth-order valence-corrected chi connectivity index (χ4v) is 2.78. The number of furan rings is 1. The highest BCUT2D eigenvalue weighted by Gasteiger charge is 2.18. The zero-order valence-corrected chi connectivity index (χ0v) is 13.1. The smallest absolute Gasteiger partial charge is 0.229 e. The number of carbonyl (C=O) groups is 1. The molecule has 3 rings (SSSR count). The van der Waals surface area contributed by atoms with Gasteiger partial charge in [-0.15, -0.1) is 0 Å². The predicted molar refractivity (Wildman–Crippen MR) is 83.8 cm³/mol. The van der Waals surface area contributed by atoms with Crippen molar-refractivity contribution in [3.63, 3.8) is 0 Å². The van der Waals surface area contributed by atoms with E-state index in [0.29, 0.717) is 21.2 Å². The Morgan fingerprint density at radius 3 is 2.65 bits per heavy atom. The van der Waals surface area contributed by atoms with E-state index in [9.17, 15) is 4.79 Å². The number of para-hydroxylation sites is 1. The summed E-state index contributed by atoms with van der Waals surface area (Å²) in [6.45, 7) is 0. The van der Waals surface area contributed by atoms with Gasteiger partial charge in [0.25, 0.3) is 0 Å². The standard InChI is InChI=1S/C15H7BrCl2O2/c16-11-3-1-2-8-6-13(20-15(8)11)14(19)10-7-9(17)4-5-12(10)18/h1-7H. The van der Waals surface area contributed by atoms with Gasteiger partial charge in [-0.1, -0.05) is 35.3 Å². The highest BCUT2D eigenvalue weighted by atomic mass is 79.9. The molecule has 0 atom stereocenters. The average molecular weight is 370 g/mol. The fraction of sp³-hybridized carbons (Fsp3) is 0. The van der Waals surface area contributed by atoms with Crippen molar-refractivity contribution in [2.75, 3.05) is 0 Å². The second kappa shape index (κ2) is 5.24. The van der Waals surface area contributed by atoms with Gasteiger partial charge in [0.15, 0.2) is 5.76 Å². The minimum absolute atomic E-state index is 0.232. The molecule has 0 fully saturated rings. The number of carbonyl (C=O) groups excluding carboxylic acids is 1. The molecule has 2 nitrogen and oxygen atoms in total. The van der Waals surface area contributed by atoms with E-state index < -0.39 is 0 Å². The molecule has 0 saturated carbocycles. The third-order valence-corrected chi connectivity index (χ3v) is 4.08. The Kier molecular flexibility index (Phi) is 3.59. The van der Waals surface area contributed by atoms with Crippen LogP contribution in [0.1, 0.15) is 16.1 Å². The van der Waals surface area contributed by atoms with Crippen LogP contribution < -0.4 is 0 Å². The first-order valence-electron chi connectivity index (χ1n) is 5.74. The van der Waals surface area contributed by atoms with Gasteiger partial charge in [-0.3, -0.25) is 4.79 Å². The molecule has 0 radical (unpaired) electrons. The van der Waals surface area contributed by atoms with Crippen LogP contribution in [-0.4, -0.2) is 5.78 Å². The Labute approximate surface area is 133 Å². The van der Waals surface area contributed by atoms with E-state index >= 15 is 0 Å². The maximum Gasteiger partial charge on any atom is 0.229 e. The Bertz CT molecular complexity index is 824. The van der Waals surface area contributed by atoms with E-state index in [-0.39, 0.29) is 11.5 Å². The second-order valence-electron chi connectivity index (χ2n) is 4.22. The first-order valence-corrected chi connectivity index (χ1v) is 7.29. The molecular formula is C15H7BrCl2O2. The number of hydrogen-bond donors (Lipinski definition) is 0. The molecule has 3 aromatic rings. The SMILES string of the molecule is O=C(c1cc2cccc(Br)c2o1)c1cc(Cl)ccc1Cl. The molecule has 0 aliphatic rings. The summed E-state index contributed by atoms with van der Waals surface area (Å²) in [6, 6.07) is 12.1.